The monoisotopic (exact) mass is 255 g/mol. The van der Waals surface area contributed by atoms with Crippen LogP contribution in [0.5, 0.6) is 0 Å². The summed E-state index contributed by atoms with van der Waals surface area (Å²) < 4.78 is 5.54. The van der Waals surface area contributed by atoms with Crippen LogP contribution < -0.4 is 5.73 Å². The van der Waals surface area contributed by atoms with Crippen LogP contribution >= 0.6 is 0 Å². The zero-order valence-corrected chi connectivity index (χ0v) is 12.2. The van der Waals surface area contributed by atoms with E-state index in [2.05, 4.69) is 23.6 Å². The Morgan fingerprint density at radius 3 is 2.56 bits per heavy atom. The lowest BCUT2D eigenvalue weighted by Gasteiger charge is -2.42. The Labute approximate surface area is 111 Å². The SMILES string of the molecule is COC(C)C(C)(CN)N1CCC(N2CCCC2)C1. The molecule has 0 spiro atoms. The van der Waals surface area contributed by atoms with E-state index in [9.17, 15) is 0 Å². The summed E-state index contributed by atoms with van der Waals surface area (Å²) in [6.45, 7) is 9.93. The number of methoxy groups -OCH3 is 1. The maximum absolute atomic E-state index is 6.03. The Morgan fingerprint density at radius 1 is 1.33 bits per heavy atom. The second-order valence-electron chi connectivity index (χ2n) is 6.07. The van der Waals surface area contributed by atoms with Crippen LogP contribution in [-0.4, -0.2) is 67.3 Å². The van der Waals surface area contributed by atoms with E-state index in [-0.39, 0.29) is 11.6 Å². The van der Waals surface area contributed by atoms with E-state index < -0.39 is 0 Å². The lowest BCUT2D eigenvalue weighted by atomic mass is 9.94. The van der Waals surface area contributed by atoms with E-state index in [1.807, 2.05) is 0 Å². The van der Waals surface area contributed by atoms with Crippen LogP contribution in [0.2, 0.25) is 0 Å². The molecule has 3 unspecified atom stereocenters. The zero-order valence-electron chi connectivity index (χ0n) is 12.2. The summed E-state index contributed by atoms with van der Waals surface area (Å²) in [5, 5.41) is 0. The Bertz CT molecular complexity index is 268. The molecule has 4 nitrogen and oxygen atoms in total. The smallest absolute Gasteiger partial charge is 0.0736 e. The first-order valence-electron chi connectivity index (χ1n) is 7.33. The van der Waals surface area contributed by atoms with Crippen molar-refractivity contribution in [2.45, 2.75) is 50.8 Å². The molecule has 0 bridgehead atoms. The normalized spacial score (nSPS) is 31.7. The van der Waals surface area contributed by atoms with Gasteiger partial charge in [-0.25, -0.2) is 0 Å². The van der Waals surface area contributed by atoms with Gasteiger partial charge in [0.2, 0.25) is 0 Å². The lowest BCUT2D eigenvalue weighted by molar-refractivity contribution is -0.0232. The predicted octanol–water partition coefficient (Wildman–Crippen LogP) is 0.909. The van der Waals surface area contributed by atoms with Gasteiger partial charge in [0, 0.05) is 32.8 Å². The maximum atomic E-state index is 6.03. The topological polar surface area (TPSA) is 41.7 Å². The van der Waals surface area contributed by atoms with Gasteiger partial charge >= 0.3 is 0 Å². The van der Waals surface area contributed by atoms with Gasteiger partial charge in [0.1, 0.15) is 0 Å². The Kier molecular flexibility index (Phi) is 4.64. The van der Waals surface area contributed by atoms with Crippen LogP contribution in [0.4, 0.5) is 0 Å². The summed E-state index contributed by atoms with van der Waals surface area (Å²) in [5.74, 6) is 0. The molecule has 0 aromatic heterocycles. The lowest BCUT2D eigenvalue weighted by Crippen LogP contribution is -2.58. The van der Waals surface area contributed by atoms with E-state index in [4.69, 9.17) is 10.5 Å². The predicted molar refractivity (Wildman–Crippen MR) is 74.7 cm³/mol. The largest absolute Gasteiger partial charge is 0.380 e. The molecule has 0 radical (unpaired) electrons. The van der Waals surface area contributed by atoms with Gasteiger partial charge in [-0.2, -0.15) is 0 Å². The van der Waals surface area contributed by atoms with Gasteiger partial charge in [-0.3, -0.25) is 9.80 Å². The molecule has 2 fully saturated rings. The summed E-state index contributed by atoms with van der Waals surface area (Å²) in [5.41, 5.74) is 6.00. The van der Waals surface area contributed by atoms with Gasteiger partial charge < -0.3 is 10.5 Å². The van der Waals surface area contributed by atoms with Crippen molar-refractivity contribution >= 4 is 0 Å². The molecule has 4 heteroatoms. The van der Waals surface area contributed by atoms with Crippen molar-refractivity contribution in [3.05, 3.63) is 0 Å². The van der Waals surface area contributed by atoms with Crippen LogP contribution in [0.15, 0.2) is 0 Å². The van der Waals surface area contributed by atoms with Crippen LogP contribution in [0.25, 0.3) is 0 Å². The quantitative estimate of drug-likeness (QED) is 0.793. The summed E-state index contributed by atoms with van der Waals surface area (Å²) >= 11 is 0. The van der Waals surface area contributed by atoms with Crippen molar-refractivity contribution in [3.63, 3.8) is 0 Å². The standard InChI is InChI=1S/C14H29N3O/c1-12(18-3)14(2,11-15)17-9-6-13(10-17)16-7-4-5-8-16/h12-13H,4-11,15H2,1-3H3. The molecule has 2 aliphatic rings. The number of likely N-dealkylation sites (tertiary alicyclic amines) is 2. The van der Waals surface area contributed by atoms with Crippen molar-refractivity contribution in [2.24, 2.45) is 5.73 Å². The molecule has 106 valence electrons. The minimum Gasteiger partial charge on any atom is -0.380 e. The van der Waals surface area contributed by atoms with Gasteiger partial charge in [-0.15, -0.1) is 0 Å². The highest BCUT2D eigenvalue weighted by Crippen LogP contribution is 2.28. The molecule has 2 saturated heterocycles. The highest BCUT2D eigenvalue weighted by Gasteiger charge is 2.41. The summed E-state index contributed by atoms with van der Waals surface area (Å²) in [4.78, 5) is 5.21. The molecular formula is C14H29N3O. The van der Waals surface area contributed by atoms with E-state index >= 15 is 0 Å². The number of nitrogens with zero attached hydrogens (tertiary/aromatic N) is 2. The van der Waals surface area contributed by atoms with Crippen LogP contribution in [0.3, 0.4) is 0 Å². The maximum Gasteiger partial charge on any atom is 0.0736 e. The summed E-state index contributed by atoms with van der Waals surface area (Å²) in [7, 11) is 1.78. The average Bonchev–Trinajstić information content (AvgIpc) is 3.06. The number of hydrogen-bond donors (Lipinski definition) is 1. The molecule has 2 heterocycles. The summed E-state index contributed by atoms with van der Waals surface area (Å²) in [6, 6.07) is 0.738. The molecular weight excluding hydrogens is 226 g/mol. The van der Waals surface area contributed by atoms with Crippen LogP contribution in [-0.2, 0) is 4.74 Å². The first-order valence-corrected chi connectivity index (χ1v) is 7.33. The van der Waals surface area contributed by atoms with Gasteiger partial charge in [0.05, 0.1) is 11.6 Å². The Hall–Kier alpha value is -0.160. The number of hydrogen-bond acceptors (Lipinski definition) is 4. The Morgan fingerprint density at radius 2 is 2.00 bits per heavy atom. The summed E-state index contributed by atoms with van der Waals surface area (Å²) in [6.07, 6.45) is 4.21. The number of nitrogens with two attached hydrogens (primary N) is 1. The molecule has 3 atom stereocenters. The second kappa shape index (κ2) is 5.87. The van der Waals surface area contributed by atoms with E-state index in [0.29, 0.717) is 6.54 Å². The molecule has 18 heavy (non-hydrogen) atoms. The Balaban J connectivity index is 1.97. The third-order valence-corrected chi connectivity index (χ3v) is 5.19. The molecule has 2 aliphatic heterocycles. The molecule has 0 aliphatic carbocycles. The van der Waals surface area contributed by atoms with Crippen molar-refractivity contribution < 1.29 is 4.74 Å². The highest BCUT2D eigenvalue weighted by atomic mass is 16.5. The van der Waals surface area contributed by atoms with E-state index in [1.54, 1.807) is 7.11 Å². The first kappa shape index (κ1) is 14.3. The van der Waals surface area contributed by atoms with Gasteiger partial charge in [-0.1, -0.05) is 0 Å². The van der Waals surface area contributed by atoms with Crippen LogP contribution in [0, 0.1) is 0 Å². The average molecular weight is 255 g/mol. The fraction of sp³-hybridized carbons (Fsp3) is 1.00. The van der Waals surface area contributed by atoms with Crippen LogP contribution in [0.1, 0.15) is 33.1 Å². The molecule has 0 aromatic rings. The number of rotatable bonds is 5. The molecule has 2 rings (SSSR count). The van der Waals surface area contributed by atoms with E-state index in [0.717, 1.165) is 19.1 Å². The zero-order chi connectivity index (χ0) is 13.2. The van der Waals surface area contributed by atoms with Crippen molar-refractivity contribution in [1.29, 1.82) is 0 Å². The molecule has 2 N–H and O–H groups in total. The fourth-order valence-electron chi connectivity index (χ4n) is 3.42. The first-order chi connectivity index (χ1) is 8.61. The van der Waals surface area contributed by atoms with E-state index in [1.165, 1.54) is 32.4 Å². The molecule has 0 saturated carbocycles. The molecule has 0 aromatic carbocycles. The fourth-order valence-corrected chi connectivity index (χ4v) is 3.42. The highest BCUT2D eigenvalue weighted by molar-refractivity contribution is 4.98. The minimum absolute atomic E-state index is 0.0246. The van der Waals surface area contributed by atoms with Crippen molar-refractivity contribution in [2.75, 3.05) is 39.8 Å². The van der Waals surface area contributed by atoms with Crippen molar-refractivity contribution in [3.8, 4) is 0 Å². The second-order valence-corrected chi connectivity index (χ2v) is 6.07. The third kappa shape index (κ3) is 2.57. The number of ether oxygens (including phenoxy) is 1. The molecule has 0 amide bonds. The van der Waals surface area contributed by atoms with Gasteiger partial charge in [0.15, 0.2) is 0 Å². The third-order valence-electron chi connectivity index (χ3n) is 5.19. The van der Waals surface area contributed by atoms with Gasteiger partial charge in [-0.05, 0) is 46.2 Å². The van der Waals surface area contributed by atoms with Crippen molar-refractivity contribution in [1.82, 2.24) is 9.80 Å². The van der Waals surface area contributed by atoms with Gasteiger partial charge in [0.25, 0.3) is 0 Å². The minimum atomic E-state index is -0.0246.